The molecule has 6 heteroatoms. The van der Waals surface area contributed by atoms with Gasteiger partial charge in [-0.05, 0) is 24.6 Å². The molecule has 1 atom stereocenters. The van der Waals surface area contributed by atoms with Crippen LogP contribution in [0.2, 0.25) is 0 Å². The van der Waals surface area contributed by atoms with Crippen molar-refractivity contribution >= 4 is 10.1 Å². The lowest BCUT2D eigenvalue weighted by molar-refractivity contribution is 0.112. The van der Waals surface area contributed by atoms with Crippen LogP contribution in [0, 0.1) is 6.92 Å². The molecule has 1 N–H and O–H groups in total. The van der Waals surface area contributed by atoms with Gasteiger partial charge < -0.3 is 5.11 Å². The van der Waals surface area contributed by atoms with Gasteiger partial charge in [0.15, 0.2) is 0 Å². The van der Waals surface area contributed by atoms with E-state index in [4.69, 9.17) is 0 Å². The van der Waals surface area contributed by atoms with Crippen LogP contribution in [-0.2, 0) is 14.3 Å². The maximum atomic E-state index is 10.7. The second kappa shape index (κ2) is 4.69. The molecule has 0 radical (unpaired) electrons. The van der Waals surface area contributed by atoms with E-state index < -0.39 is 16.2 Å². The highest BCUT2D eigenvalue weighted by molar-refractivity contribution is 7.85. The van der Waals surface area contributed by atoms with Crippen LogP contribution < -0.4 is 0 Å². The molecule has 1 rings (SSSR count). The van der Waals surface area contributed by atoms with Crippen molar-refractivity contribution in [1.82, 2.24) is 4.98 Å². The minimum Gasteiger partial charge on any atom is -0.386 e. The molecule has 1 aromatic rings. The van der Waals surface area contributed by atoms with Crippen LogP contribution in [0.5, 0.6) is 0 Å². The van der Waals surface area contributed by atoms with Gasteiger partial charge in [-0.15, -0.1) is 0 Å². The van der Waals surface area contributed by atoms with Gasteiger partial charge in [0.25, 0.3) is 10.1 Å². The number of nitrogens with zero attached hydrogens (tertiary/aromatic N) is 1. The first-order valence-corrected chi connectivity index (χ1v) is 6.15. The molecule has 84 valence electrons. The van der Waals surface area contributed by atoms with Gasteiger partial charge in [-0.2, -0.15) is 8.42 Å². The average molecular weight is 231 g/mol. The van der Waals surface area contributed by atoms with E-state index in [1.807, 2.05) is 0 Å². The molecule has 0 saturated carbocycles. The van der Waals surface area contributed by atoms with Crippen LogP contribution in [0.3, 0.4) is 0 Å². The second-order valence-corrected chi connectivity index (χ2v) is 4.88. The molecule has 0 aliphatic rings. The van der Waals surface area contributed by atoms with Crippen LogP contribution in [0.4, 0.5) is 0 Å². The Bertz CT molecular complexity index is 429. The monoisotopic (exact) mass is 231 g/mol. The zero-order chi connectivity index (χ0) is 11.5. The summed E-state index contributed by atoms with van der Waals surface area (Å²) in [6.07, 6.45) is 1.53. The van der Waals surface area contributed by atoms with Gasteiger partial charge in [0.1, 0.15) is 6.10 Å². The molecule has 0 spiro atoms. The number of aromatic nitrogens is 1. The maximum absolute atomic E-state index is 10.7. The Morgan fingerprint density at radius 1 is 1.60 bits per heavy atom. The van der Waals surface area contributed by atoms with Crippen molar-refractivity contribution in [3.63, 3.8) is 0 Å². The third kappa shape index (κ3) is 4.37. The maximum Gasteiger partial charge on any atom is 0.264 e. The predicted octanol–water partition coefficient (Wildman–Crippen LogP) is 0.400. The predicted molar refractivity (Wildman–Crippen MR) is 54.7 cm³/mol. The summed E-state index contributed by atoms with van der Waals surface area (Å²) in [5, 5.41) is 9.59. The lowest BCUT2D eigenvalue weighted by Gasteiger charge is -2.10. The van der Waals surface area contributed by atoms with Gasteiger partial charge in [-0.1, -0.05) is 0 Å². The topological polar surface area (TPSA) is 76.5 Å². The fraction of sp³-hybridized carbons (Fsp3) is 0.444. The van der Waals surface area contributed by atoms with E-state index in [0.717, 1.165) is 11.9 Å². The zero-order valence-electron chi connectivity index (χ0n) is 8.54. The molecule has 0 fully saturated rings. The lowest BCUT2D eigenvalue weighted by atomic mass is 10.1. The van der Waals surface area contributed by atoms with Gasteiger partial charge in [0.05, 0.1) is 12.9 Å². The summed E-state index contributed by atoms with van der Waals surface area (Å²) in [7, 11) is -3.51. The van der Waals surface area contributed by atoms with Gasteiger partial charge >= 0.3 is 0 Å². The van der Waals surface area contributed by atoms with Crippen molar-refractivity contribution in [2.24, 2.45) is 0 Å². The first-order valence-electron chi connectivity index (χ1n) is 4.33. The minimum atomic E-state index is -3.51. The van der Waals surface area contributed by atoms with E-state index in [2.05, 4.69) is 9.17 Å². The molecule has 0 amide bonds. The molecule has 0 aromatic carbocycles. The van der Waals surface area contributed by atoms with E-state index in [1.54, 1.807) is 25.3 Å². The van der Waals surface area contributed by atoms with Gasteiger partial charge in [0, 0.05) is 11.9 Å². The third-order valence-electron chi connectivity index (χ3n) is 1.75. The van der Waals surface area contributed by atoms with E-state index >= 15 is 0 Å². The summed E-state index contributed by atoms with van der Waals surface area (Å²) in [6.45, 7) is 1.51. The summed E-state index contributed by atoms with van der Waals surface area (Å²) >= 11 is 0. The molecule has 0 unspecified atom stereocenters. The summed E-state index contributed by atoms with van der Waals surface area (Å²) < 4.78 is 25.9. The summed E-state index contributed by atoms with van der Waals surface area (Å²) in [4.78, 5) is 3.96. The molecule has 15 heavy (non-hydrogen) atoms. The van der Waals surface area contributed by atoms with Crippen molar-refractivity contribution in [2.45, 2.75) is 13.0 Å². The standard InChI is InChI=1S/C9H13NO4S/c1-7-5-8(3-4-10-7)9(11)6-14-15(2,12)13/h3-5,9,11H,6H2,1-2H3/t9-/m1/s1. The van der Waals surface area contributed by atoms with E-state index in [0.29, 0.717) is 5.56 Å². The van der Waals surface area contributed by atoms with Crippen LogP contribution >= 0.6 is 0 Å². The van der Waals surface area contributed by atoms with Crippen molar-refractivity contribution in [1.29, 1.82) is 0 Å². The molecule has 0 bridgehead atoms. The van der Waals surface area contributed by atoms with Gasteiger partial charge in [0.2, 0.25) is 0 Å². The summed E-state index contributed by atoms with van der Waals surface area (Å²) in [6, 6.07) is 3.29. The third-order valence-corrected chi connectivity index (χ3v) is 2.31. The van der Waals surface area contributed by atoms with Gasteiger partial charge in [-0.25, -0.2) is 0 Å². The number of hydrogen-bond donors (Lipinski definition) is 1. The highest BCUT2D eigenvalue weighted by Gasteiger charge is 2.11. The first kappa shape index (κ1) is 12.1. The summed E-state index contributed by atoms with van der Waals surface area (Å²) in [5.74, 6) is 0. The van der Waals surface area contributed by atoms with Crippen LogP contribution in [-0.4, -0.2) is 31.4 Å². The largest absolute Gasteiger partial charge is 0.386 e. The zero-order valence-corrected chi connectivity index (χ0v) is 9.36. The van der Waals surface area contributed by atoms with Crippen molar-refractivity contribution in [3.8, 4) is 0 Å². The number of aliphatic hydroxyl groups excluding tert-OH is 1. The lowest BCUT2D eigenvalue weighted by Crippen LogP contribution is -2.11. The Morgan fingerprint density at radius 3 is 2.80 bits per heavy atom. The van der Waals surface area contributed by atoms with Crippen LogP contribution in [0.15, 0.2) is 18.3 Å². The minimum absolute atomic E-state index is 0.276. The SMILES string of the molecule is Cc1cc([C@H](O)COS(C)(=O)=O)ccn1. The molecule has 0 aliphatic heterocycles. The normalized spacial score (nSPS) is 13.8. The Labute approximate surface area is 88.9 Å². The van der Waals surface area contributed by atoms with Crippen molar-refractivity contribution in [2.75, 3.05) is 12.9 Å². The Balaban J connectivity index is 2.65. The van der Waals surface area contributed by atoms with Crippen molar-refractivity contribution < 1.29 is 17.7 Å². The molecule has 1 heterocycles. The quantitative estimate of drug-likeness (QED) is 0.759. The van der Waals surface area contributed by atoms with E-state index in [9.17, 15) is 13.5 Å². The fourth-order valence-electron chi connectivity index (χ4n) is 1.06. The Kier molecular flexibility index (Phi) is 3.78. The van der Waals surface area contributed by atoms with E-state index in [-0.39, 0.29) is 6.61 Å². The summed E-state index contributed by atoms with van der Waals surface area (Å²) in [5.41, 5.74) is 1.34. The second-order valence-electron chi connectivity index (χ2n) is 3.23. The molecule has 0 aliphatic carbocycles. The fourth-order valence-corrected chi connectivity index (χ4v) is 1.44. The number of aliphatic hydroxyl groups is 1. The molecule has 0 saturated heterocycles. The Morgan fingerprint density at radius 2 is 2.27 bits per heavy atom. The highest BCUT2D eigenvalue weighted by atomic mass is 32.2. The first-order chi connectivity index (χ1) is 6.88. The number of hydrogen-bond acceptors (Lipinski definition) is 5. The smallest absolute Gasteiger partial charge is 0.264 e. The molecular weight excluding hydrogens is 218 g/mol. The number of rotatable bonds is 4. The van der Waals surface area contributed by atoms with Crippen molar-refractivity contribution in [3.05, 3.63) is 29.6 Å². The van der Waals surface area contributed by atoms with Crippen LogP contribution in [0.1, 0.15) is 17.4 Å². The van der Waals surface area contributed by atoms with Gasteiger partial charge in [-0.3, -0.25) is 9.17 Å². The average Bonchev–Trinajstić information content (AvgIpc) is 2.13. The number of aryl methyl sites for hydroxylation is 1. The number of pyridine rings is 1. The van der Waals surface area contributed by atoms with E-state index in [1.165, 1.54) is 0 Å². The van der Waals surface area contributed by atoms with Crippen LogP contribution in [0.25, 0.3) is 0 Å². The highest BCUT2D eigenvalue weighted by Crippen LogP contribution is 2.13. The molecule has 5 nitrogen and oxygen atoms in total. The Hall–Kier alpha value is -0.980. The molecular formula is C9H13NO4S. The molecule has 1 aromatic heterocycles.